The molecule has 0 aliphatic heterocycles. The van der Waals surface area contributed by atoms with E-state index in [4.69, 9.17) is 4.74 Å². The molecule has 0 unspecified atom stereocenters. The van der Waals surface area contributed by atoms with Crippen molar-refractivity contribution in [2.24, 2.45) is 0 Å². The highest BCUT2D eigenvalue weighted by atomic mass is 32.2. The normalized spacial score (nSPS) is 12.4. The lowest BCUT2D eigenvalue weighted by Crippen LogP contribution is -2.54. The van der Waals surface area contributed by atoms with Gasteiger partial charge < -0.3 is 15.0 Å². The zero-order valence-electron chi connectivity index (χ0n) is 22.7. The lowest BCUT2D eigenvalue weighted by atomic mass is 10.1. The molecule has 0 aromatic heterocycles. The third-order valence-electron chi connectivity index (χ3n) is 5.90. The second kappa shape index (κ2) is 12.3. The number of nitrogens with zero attached hydrogens (tertiary/aromatic N) is 2. The highest BCUT2D eigenvalue weighted by Gasteiger charge is 2.33. The topological polar surface area (TPSA) is 96.0 Å². The summed E-state index contributed by atoms with van der Waals surface area (Å²) in [6.07, 6.45) is 0. The monoisotopic (exact) mass is 555 g/mol. The molecule has 0 radical (unpaired) electrons. The fourth-order valence-corrected chi connectivity index (χ4v) is 5.28. The number of hydrogen-bond donors (Lipinski definition) is 1. The first-order valence-corrected chi connectivity index (χ1v) is 13.8. The van der Waals surface area contributed by atoms with Crippen LogP contribution in [0.1, 0.15) is 33.3 Å². The van der Waals surface area contributed by atoms with Crippen LogP contribution in [-0.4, -0.2) is 50.4 Å². The van der Waals surface area contributed by atoms with E-state index in [1.54, 1.807) is 56.5 Å². The molecule has 1 atom stereocenters. The number of benzene rings is 3. The van der Waals surface area contributed by atoms with Crippen LogP contribution in [0, 0.1) is 5.82 Å². The van der Waals surface area contributed by atoms with Gasteiger partial charge in [-0.1, -0.05) is 30.3 Å². The summed E-state index contributed by atoms with van der Waals surface area (Å²) < 4.78 is 47.2. The summed E-state index contributed by atoms with van der Waals surface area (Å²) in [6.45, 7) is 6.52. The summed E-state index contributed by atoms with van der Waals surface area (Å²) in [6, 6.07) is 18.6. The van der Waals surface area contributed by atoms with E-state index in [1.807, 2.05) is 20.8 Å². The third-order valence-corrected chi connectivity index (χ3v) is 7.69. The average molecular weight is 556 g/mol. The summed E-state index contributed by atoms with van der Waals surface area (Å²) in [7, 11) is -2.66. The van der Waals surface area contributed by atoms with Crippen molar-refractivity contribution in [2.75, 3.05) is 18.0 Å². The van der Waals surface area contributed by atoms with Crippen molar-refractivity contribution in [2.45, 2.75) is 50.7 Å². The standard InChI is InChI=1S/C29H34FN3O5S/c1-21(28(35)31-29(2,3)4)32(19-22-11-17-25(38-5)18-12-22)27(34)20-33(24-15-13-23(30)14-16-24)39(36,37)26-9-7-6-8-10-26/h6-18,21H,19-20H2,1-5H3,(H,31,35)/t21-/m1/s1. The fraction of sp³-hybridized carbons (Fsp3) is 0.310. The molecule has 0 saturated heterocycles. The van der Waals surface area contributed by atoms with Gasteiger partial charge in [-0.3, -0.25) is 13.9 Å². The molecule has 0 spiro atoms. The van der Waals surface area contributed by atoms with Crippen molar-refractivity contribution in [1.82, 2.24) is 10.2 Å². The van der Waals surface area contributed by atoms with Crippen molar-refractivity contribution in [3.8, 4) is 5.75 Å². The zero-order chi connectivity index (χ0) is 28.8. The molecule has 39 heavy (non-hydrogen) atoms. The number of sulfonamides is 1. The van der Waals surface area contributed by atoms with Crippen LogP contribution < -0.4 is 14.4 Å². The number of amides is 2. The molecule has 10 heteroatoms. The number of ether oxygens (including phenoxy) is 1. The van der Waals surface area contributed by atoms with E-state index in [1.165, 1.54) is 29.2 Å². The Morgan fingerprint density at radius 1 is 0.949 bits per heavy atom. The van der Waals surface area contributed by atoms with Gasteiger partial charge in [-0.2, -0.15) is 0 Å². The smallest absolute Gasteiger partial charge is 0.264 e. The predicted molar refractivity (Wildman–Crippen MR) is 148 cm³/mol. The van der Waals surface area contributed by atoms with Gasteiger partial charge in [0.25, 0.3) is 10.0 Å². The predicted octanol–water partition coefficient (Wildman–Crippen LogP) is 4.36. The Bertz CT molecular complexity index is 1370. The molecular weight excluding hydrogens is 521 g/mol. The number of rotatable bonds is 10. The Hall–Kier alpha value is -3.92. The third kappa shape index (κ3) is 7.79. The lowest BCUT2D eigenvalue weighted by molar-refractivity contribution is -0.140. The lowest BCUT2D eigenvalue weighted by Gasteiger charge is -2.33. The summed E-state index contributed by atoms with van der Waals surface area (Å²) in [4.78, 5) is 28.3. The van der Waals surface area contributed by atoms with Crippen LogP contribution >= 0.6 is 0 Å². The number of nitrogens with one attached hydrogen (secondary N) is 1. The highest BCUT2D eigenvalue weighted by molar-refractivity contribution is 7.92. The molecule has 0 fully saturated rings. The molecule has 3 aromatic rings. The van der Waals surface area contributed by atoms with E-state index in [0.29, 0.717) is 5.75 Å². The minimum atomic E-state index is -4.21. The number of halogens is 1. The molecule has 8 nitrogen and oxygen atoms in total. The van der Waals surface area contributed by atoms with Gasteiger partial charge in [0, 0.05) is 12.1 Å². The van der Waals surface area contributed by atoms with Crippen LogP contribution in [0.3, 0.4) is 0 Å². The van der Waals surface area contributed by atoms with Crippen molar-refractivity contribution in [1.29, 1.82) is 0 Å². The number of methoxy groups -OCH3 is 1. The number of anilines is 1. The van der Waals surface area contributed by atoms with E-state index < -0.39 is 39.9 Å². The molecule has 0 bridgehead atoms. The van der Waals surface area contributed by atoms with Gasteiger partial charge in [0.1, 0.15) is 24.2 Å². The van der Waals surface area contributed by atoms with E-state index in [9.17, 15) is 22.4 Å². The molecule has 0 aliphatic carbocycles. The maximum atomic E-state index is 13.9. The second-order valence-corrected chi connectivity index (χ2v) is 11.9. The number of carbonyl (C=O) groups is 2. The van der Waals surface area contributed by atoms with Crippen molar-refractivity contribution < 1.29 is 27.1 Å². The van der Waals surface area contributed by atoms with Crippen LogP contribution in [0.5, 0.6) is 5.75 Å². The Labute approximate surface area is 229 Å². The van der Waals surface area contributed by atoms with Crippen LogP contribution in [0.4, 0.5) is 10.1 Å². The first kappa shape index (κ1) is 29.6. The van der Waals surface area contributed by atoms with Gasteiger partial charge >= 0.3 is 0 Å². The molecule has 0 heterocycles. The largest absolute Gasteiger partial charge is 0.497 e. The van der Waals surface area contributed by atoms with E-state index in [2.05, 4.69) is 5.32 Å². The molecule has 0 aliphatic rings. The van der Waals surface area contributed by atoms with Gasteiger partial charge in [-0.25, -0.2) is 12.8 Å². The first-order valence-electron chi connectivity index (χ1n) is 12.4. The zero-order valence-corrected chi connectivity index (χ0v) is 23.5. The average Bonchev–Trinajstić information content (AvgIpc) is 2.90. The van der Waals surface area contributed by atoms with Crippen molar-refractivity contribution in [3.63, 3.8) is 0 Å². The molecular formula is C29H34FN3O5S. The SMILES string of the molecule is COc1ccc(CN(C(=O)CN(c2ccc(F)cc2)S(=O)(=O)c2ccccc2)[C@H](C)C(=O)NC(C)(C)C)cc1. The summed E-state index contributed by atoms with van der Waals surface area (Å²) in [5, 5.41) is 2.88. The Morgan fingerprint density at radius 3 is 2.08 bits per heavy atom. The fourth-order valence-electron chi connectivity index (χ4n) is 3.84. The Morgan fingerprint density at radius 2 is 1.54 bits per heavy atom. The minimum absolute atomic E-state index is 0.0256. The van der Waals surface area contributed by atoms with Crippen molar-refractivity contribution in [3.05, 3.63) is 90.2 Å². The molecule has 0 saturated carbocycles. The number of carbonyl (C=O) groups excluding carboxylic acids is 2. The maximum Gasteiger partial charge on any atom is 0.264 e. The Balaban J connectivity index is 2.01. The van der Waals surface area contributed by atoms with Gasteiger partial charge in [0.2, 0.25) is 11.8 Å². The molecule has 1 N–H and O–H groups in total. The van der Waals surface area contributed by atoms with Crippen LogP contribution in [0.15, 0.2) is 83.8 Å². The molecule has 2 amide bonds. The Kier molecular flexibility index (Phi) is 9.34. The van der Waals surface area contributed by atoms with Gasteiger partial charge in [0.05, 0.1) is 17.7 Å². The summed E-state index contributed by atoms with van der Waals surface area (Å²) >= 11 is 0. The maximum absolute atomic E-state index is 13.9. The van der Waals surface area contributed by atoms with Gasteiger partial charge in [0.15, 0.2) is 0 Å². The van der Waals surface area contributed by atoms with Crippen LogP contribution in [-0.2, 0) is 26.2 Å². The van der Waals surface area contributed by atoms with Crippen molar-refractivity contribution >= 4 is 27.5 Å². The van der Waals surface area contributed by atoms with E-state index in [-0.39, 0.29) is 23.0 Å². The highest BCUT2D eigenvalue weighted by Crippen LogP contribution is 2.25. The molecule has 208 valence electrons. The summed E-state index contributed by atoms with van der Waals surface area (Å²) in [5.74, 6) is -0.905. The second-order valence-electron chi connectivity index (χ2n) is 10.1. The van der Waals surface area contributed by atoms with Gasteiger partial charge in [-0.15, -0.1) is 0 Å². The quantitative estimate of drug-likeness (QED) is 0.401. The summed E-state index contributed by atoms with van der Waals surface area (Å²) in [5.41, 5.74) is 0.292. The van der Waals surface area contributed by atoms with E-state index >= 15 is 0 Å². The first-order chi connectivity index (χ1) is 18.3. The van der Waals surface area contributed by atoms with Crippen LogP contribution in [0.2, 0.25) is 0 Å². The minimum Gasteiger partial charge on any atom is -0.497 e. The van der Waals surface area contributed by atoms with Crippen LogP contribution in [0.25, 0.3) is 0 Å². The molecule has 3 aromatic carbocycles. The molecule has 3 rings (SSSR count). The number of hydrogen-bond acceptors (Lipinski definition) is 5. The van der Waals surface area contributed by atoms with Gasteiger partial charge in [-0.05, 0) is 81.8 Å². The van der Waals surface area contributed by atoms with E-state index in [0.717, 1.165) is 22.0 Å².